The van der Waals surface area contributed by atoms with Crippen LogP contribution in [0.25, 0.3) is 0 Å². The molecule has 24 heavy (non-hydrogen) atoms. The van der Waals surface area contributed by atoms with Crippen molar-refractivity contribution >= 4 is 11.9 Å². The molecule has 1 aromatic carbocycles. The Kier molecular flexibility index (Phi) is 6.17. The summed E-state index contributed by atoms with van der Waals surface area (Å²) in [6.45, 7) is 8.31. The quantitative estimate of drug-likeness (QED) is 0.659. The largest absolute Gasteiger partial charge is 0.471 e. The third-order valence-electron chi connectivity index (χ3n) is 3.00. The van der Waals surface area contributed by atoms with Crippen LogP contribution in [-0.2, 0) is 14.3 Å². The van der Waals surface area contributed by atoms with Gasteiger partial charge in [-0.25, -0.2) is 4.79 Å². The van der Waals surface area contributed by atoms with Gasteiger partial charge in [0.1, 0.15) is 11.6 Å². The molecule has 1 amide bonds. The second-order valence-electron chi connectivity index (χ2n) is 6.15. The van der Waals surface area contributed by atoms with Crippen molar-refractivity contribution in [3.8, 4) is 0 Å². The van der Waals surface area contributed by atoms with E-state index in [1.807, 2.05) is 0 Å². The van der Waals surface area contributed by atoms with Crippen molar-refractivity contribution in [1.82, 2.24) is 5.32 Å². The summed E-state index contributed by atoms with van der Waals surface area (Å²) in [4.78, 5) is 23.7. The smallest absolute Gasteiger partial charge is 0.458 e. The van der Waals surface area contributed by atoms with E-state index in [2.05, 4.69) is 6.58 Å². The van der Waals surface area contributed by atoms with Crippen molar-refractivity contribution in [2.45, 2.75) is 44.5 Å². The summed E-state index contributed by atoms with van der Waals surface area (Å²) >= 11 is 0. The van der Waals surface area contributed by atoms with Crippen LogP contribution >= 0.6 is 0 Å². The number of nitrogens with one attached hydrogen (secondary N) is 1. The third-order valence-corrected chi connectivity index (χ3v) is 3.00. The molecule has 0 fully saturated rings. The number of esters is 1. The Morgan fingerprint density at radius 3 is 2.12 bits per heavy atom. The molecule has 0 bridgehead atoms. The highest BCUT2D eigenvalue weighted by atomic mass is 19.4. The molecule has 0 radical (unpaired) electrons. The molecule has 4 nitrogen and oxygen atoms in total. The summed E-state index contributed by atoms with van der Waals surface area (Å²) in [6, 6.07) is 6.78. The molecule has 0 saturated heterocycles. The number of carbonyl (C=O) groups excluding carboxylic acids is 2. The Bertz CT molecular complexity index is 591. The number of carbonyl (C=O) groups is 2. The van der Waals surface area contributed by atoms with E-state index in [1.165, 1.54) is 6.08 Å². The molecule has 2 unspecified atom stereocenters. The normalized spacial score (nSPS) is 14.4. The Morgan fingerprint density at radius 1 is 1.17 bits per heavy atom. The van der Waals surface area contributed by atoms with Gasteiger partial charge in [0.05, 0.1) is 0 Å². The first-order valence-electron chi connectivity index (χ1n) is 7.24. The van der Waals surface area contributed by atoms with Gasteiger partial charge in [-0.2, -0.15) is 13.2 Å². The molecule has 0 aromatic heterocycles. The zero-order valence-corrected chi connectivity index (χ0v) is 13.7. The lowest BCUT2D eigenvalue weighted by molar-refractivity contribution is -0.177. The van der Waals surface area contributed by atoms with Crippen molar-refractivity contribution in [3.05, 3.63) is 48.6 Å². The Morgan fingerprint density at radius 2 is 1.71 bits per heavy atom. The van der Waals surface area contributed by atoms with Crippen molar-refractivity contribution in [2.24, 2.45) is 0 Å². The molecule has 0 saturated carbocycles. The first-order valence-corrected chi connectivity index (χ1v) is 7.24. The number of hydrogen-bond donors (Lipinski definition) is 1. The summed E-state index contributed by atoms with van der Waals surface area (Å²) in [7, 11) is 0. The number of halogens is 3. The summed E-state index contributed by atoms with van der Waals surface area (Å²) in [5.74, 6) is -4.04. The fourth-order valence-corrected chi connectivity index (χ4v) is 2.02. The highest BCUT2D eigenvalue weighted by molar-refractivity contribution is 5.88. The van der Waals surface area contributed by atoms with Gasteiger partial charge in [0.15, 0.2) is 0 Å². The molecule has 0 aliphatic rings. The number of benzene rings is 1. The summed E-state index contributed by atoms with van der Waals surface area (Å²) in [6.07, 6.45) is -3.80. The fourth-order valence-electron chi connectivity index (χ4n) is 2.02. The maximum absolute atomic E-state index is 12.6. The zero-order valence-electron chi connectivity index (χ0n) is 13.7. The van der Waals surface area contributed by atoms with E-state index in [9.17, 15) is 22.8 Å². The lowest BCUT2D eigenvalue weighted by atomic mass is 9.91. The Balaban J connectivity index is 3.18. The van der Waals surface area contributed by atoms with E-state index in [0.29, 0.717) is 5.56 Å². The maximum Gasteiger partial charge on any atom is 0.471 e. The molecular formula is C17H20F3NO3. The lowest BCUT2D eigenvalue weighted by Crippen LogP contribution is -2.51. The molecule has 7 heteroatoms. The molecule has 1 aromatic rings. The molecule has 0 aliphatic carbocycles. The van der Waals surface area contributed by atoms with Gasteiger partial charge in [-0.3, -0.25) is 4.79 Å². The first-order chi connectivity index (χ1) is 11.0. The monoisotopic (exact) mass is 343 g/mol. The van der Waals surface area contributed by atoms with E-state index in [4.69, 9.17) is 4.74 Å². The van der Waals surface area contributed by atoms with Crippen LogP contribution in [0.15, 0.2) is 43.0 Å². The fraction of sp³-hybridized carbons (Fsp3) is 0.412. The number of amides is 1. The van der Waals surface area contributed by atoms with Gasteiger partial charge in [0.25, 0.3) is 0 Å². The molecule has 0 spiro atoms. The maximum atomic E-state index is 12.6. The number of hydrogen-bond acceptors (Lipinski definition) is 3. The molecular weight excluding hydrogens is 323 g/mol. The average Bonchev–Trinajstić information content (AvgIpc) is 2.45. The van der Waals surface area contributed by atoms with Crippen LogP contribution in [0.2, 0.25) is 0 Å². The molecule has 0 aliphatic heterocycles. The summed E-state index contributed by atoms with van der Waals surface area (Å²) < 4.78 is 42.9. The number of alkyl halides is 3. The van der Waals surface area contributed by atoms with Crippen LogP contribution in [-0.4, -0.2) is 29.7 Å². The summed E-state index contributed by atoms with van der Waals surface area (Å²) in [5.41, 5.74) is -0.383. The van der Waals surface area contributed by atoms with E-state index < -0.39 is 35.6 Å². The van der Waals surface area contributed by atoms with Crippen LogP contribution < -0.4 is 5.32 Å². The van der Waals surface area contributed by atoms with Gasteiger partial charge in [0, 0.05) is 5.92 Å². The van der Waals surface area contributed by atoms with E-state index in [1.54, 1.807) is 56.4 Å². The van der Waals surface area contributed by atoms with Crippen LogP contribution in [0, 0.1) is 0 Å². The van der Waals surface area contributed by atoms with Crippen molar-refractivity contribution < 1.29 is 27.5 Å². The van der Waals surface area contributed by atoms with E-state index in [0.717, 1.165) is 0 Å². The van der Waals surface area contributed by atoms with Crippen LogP contribution in [0.4, 0.5) is 13.2 Å². The Hall–Kier alpha value is -2.31. The standard InChI is InChI=1S/C17H20F3NO3/c1-5-12(11-9-7-6-8-10-11)13(14(22)24-16(2,3)4)21-15(23)17(18,19)20/h5-10,12-13H,1H2,2-4H3,(H,21,23). The number of rotatable bonds is 5. The van der Waals surface area contributed by atoms with Gasteiger partial charge < -0.3 is 10.1 Å². The second kappa shape index (κ2) is 7.51. The topological polar surface area (TPSA) is 55.4 Å². The predicted octanol–water partition coefficient (Wildman–Crippen LogP) is 3.35. The van der Waals surface area contributed by atoms with Crippen LogP contribution in [0.3, 0.4) is 0 Å². The molecule has 132 valence electrons. The van der Waals surface area contributed by atoms with Gasteiger partial charge in [0.2, 0.25) is 0 Å². The second-order valence-corrected chi connectivity index (χ2v) is 6.15. The summed E-state index contributed by atoms with van der Waals surface area (Å²) in [5, 5.41) is 1.72. The van der Waals surface area contributed by atoms with Crippen LogP contribution in [0.1, 0.15) is 32.3 Å². The minimum atomic E-state index is -5.11. The first kappa shape index (κ1) is 19.7. The van der Waals surface area contributed by atoms with Crippen molar-refractivity contribution in [3.63, 3.8) is 0 Å². The van der Waals surface area contributed by atoms with Gasteiger partial charge in [-0.05, 0) is 26.3 Å². The molecule has 1 N–H and O–H groups in total. The minimum Gasteiger partial charge on any atom is -0.458 e. The zero-order chi connectivity index (χ0) is 18.5. The predicted molar refractivity (Wildman–Crippen MR) is 83.2 cm³/mol. The highest BCUT2D eigenvalue weighted by Crippen LogP contribution is 2.25. The lowest BCUT2D eigenvalue weighted by Gasteiger charge is -2.28. The van der Waals surface area contributed by atoms with E-state index >= 15 is 0 Å². The minimum absolute atomic E-state index is 0.533. The van der Waals surface area contributed by atoms with Gasteiger partial charge >= 0.3 is 18.1 Å². The SMILES string of the molecule is C=CC(c1ccccc1)C(NC(=O)C(F)(F)F)C(=O)OC(C)(C)C. The number of ether oxygens (including phenoxy) is 1. The van der Waals surface area contributed by atoms with Crippen molar-refractivity contribution in [1.29, 1.82) is 0 Å². The van der Waals surface area contributed by atoms with Gasteiger partial charge in [-0.1, -0.05) is 36.4 Å². The average molecular weight is 343 g/mol. The van der Waals surface area contributed by atoms with Crippen LogP contribution in [0.5, 0.6) is 0 Å². The molecule has 1 rings (SSSR count). The van der Waals surface area contributed by atoms with Gasteiger partial charge in [-0.15, -0.1) is 6.58 Å². The Labute approximate surface area is 138 Å². The highest BCUT2D eigenvalue weighted by Gasteiger charge is 2.43. The molecule has 0 heterocycles. The van der Waals surface area contributed by atoms with E-state index in [-0.39, 0.29) is 0 Å². The molecule has 2 atom stereocenters. The third kappa shape index (κ3) is 5.72. The van der Waals surface area contributed by atoms with Crippen molar-refractivity contribution in [2.75, 3.05) is 0 Å².